The van der Waals surface area contributed by atoms with E-state index < -0.39 is 0 Å². The first-order valence-corrected chi connectivity index (χ1v) is 6.37. The molecule has 2 atom stereocenters. The molecule has 0 saturated heterocycles. The van der Waals surface area contributed by atoms with Crippen LogP contribution in [0.5, 0.6) is 0 Å². The standard InChI is InChI=1S/C12H23Cl/c1-3-10(4-2)11-8-6-5-7-9-12(11)13/h10-12H,3-9H2,1-2H3. The van der Waals surface area contributed by atoms with Crippen molar-refractivity contribution in [3.63, 3.8) is 0 Å². The molecule has 1 aliphatic carbocycles. The maximum absolute atomic E-state index is 6.44. The second-order valence-corrected chi connectivity index (χ2v) is 4.96. The zero-order chi connectivity index (χ0) is 9.68. The molecule has 0 radical (unpaired) electrons. The van der Waals surface area contributed by atoms with Crippen molar-refractivity contribution in [2.45, 2.75) is 64.2 Å². The normalized spacial score (nSPS) is 30.5. The van der Waals surface area contributed by atoms with Gasteiger partial charge >= 0.3 is 0 Å². The molecule has 2 unspecified atom stereocenters. The predicted molar refractivity (Wildman–Crippen MR) is 60.3 cm³/mol. The summed E-state index contributed by atoms with van der Waals surface area (Å²) in [5.41, 5.74) is 0. The minimum Gasteiger partial charge on any atom is -0.123 e. The molecule has 0 aliphatic heterocycles. The van der Waals surface area contributed by atoms with Crippen LogP contribution in [0, 0.1) is 11.8 Å². The van der Waals surface area contributed by atoms with Gasteiger partial charge in [-0.15, -0.1) is 11.6 Å². The van der Waals surface area contributed by atoms with Crippen LogP contribution in [0.1, 0.15) is 58.8 Å². The van der Waals surface area contributed by atoms with Crippen molar-refractivity contribution in [2.24, 2.45) is 11.8 Å². The van der Waals surface area contributed by atoms with Crippen LogP contribution >= 0.6 is 11.6 Å². The summed E-state index contributed by atoms with van der Waals surface area (Å²) < 4.78 is 0. The fraction of sp³-hybridized carbons (Fsp3) is 1.00. The lowest BCUT2D eigenvalue weighted by Crippen LogP contribution is -2.22. The number of halogens is 1. The van der Waals surface area contributed by atoms with E-state index in [-0.39, 0.29) is 0 Å². The molecular formula is C12H23Cl. The van der Waals surface area contributed by atoms with Crippen LogP contribution in [0.15, 0.2) is 0 Å². The van der Waals surface area contributed by atoms with Crippen LogP contribution in [-0.4, -0.2) is 5.38 Å². The third kappa shape index (κ3) is 3.16. The Kier molecular flexibility index (Phi) is 5.16. The lowest BCUT2D eigenvalue weighted by atomic mass is 9.82. The van der Waals surface area contributed by atoms with Gasteiger partial charge in [0.2, 0.25) is 0 Å². The highest BCUT2D eigenvalue weighted by Crippen LogP contribution is 2.35. The summed E-state index contributed by atoms with van der Waals surface area (Å²) in [5, 5.41) is 0.465. The van der Waals surface area contributed by atoms with Gasteiger partial charge in [0.05, 0.1) is 0 Å². The van der Waals surface area contributed by atoms with E-state index in [0.717, 1.165) is 11.8 Å². The maximum Gasteiger partial charge on any atom is 0.0366 e. The molecule has 13 heavy (non-hydrogen) atoms. The molecule has 0 bridgehead atoms. The zero-order valence-corrected chi connectivity index (χ0v) is 9.82. The molecular weight excluding hydrogens is 180 g/mol. The first kappa shape index (κ1) is 11.4. The van der Waals surface area contributed by atoms with Crippen LogP contribution in [0.2, 0.25) is 0 Å². The van der Waals surface area contributed by atoms with Crippen molar-refractivity contribution in [1.29, 1.82) is 0 Å². The number of hydrogen-bond acceptors (Lipinski definition) is 0. The Hall–Kier alpha value is 0.290. The Labute approximate surface area is 88.1 Å². The summed E-state index contributed by atoms with van der Waals surface area (Å²) in [6, 6.07) is 0. The smallest absolute Gasteiger partial charge is 0.0366 e. The third-order valence-corrected chi connectivity index (χ3v) is 4.18. The summed E-state index contributed by atoms with van der Waals surface area (Å²) in [5.74, 6) is 1.68. The highest BCUT2D eigenvalue weighted by molar-refractivity contribution is 6.20. The van der Waals surface area contributed by atoms with Crippen molar-refractivity contribution >= 4 is 11.6 Å². The van der Waals surface area contributed by atoms with E-state index >= 15 is 0 Å². The Bertz CT molecular complexity index is 129. The Morgan fingerprint density at radius 1 is 1.08 bits per heavy atom. The monoisotopic (exact) mass is 202 g/mol. The molecule has 0 N–H and O–H groups in total. The molecule has 0 aromatic heterocycles. The maximum atomic E-state index is 6.44. The third-order valence-electron chi connectivity index (χ3n) is 3.64. The minimum absolute atomic E-state index is 0.465. The second-order valence-electron chi connectivity index (χ2n) is 4.39. The topological polar surface area (TPSA) is 0 Å². The van der Waals surface area contributed by atoms with E-state index in [1.165, 1.54) is 44.9 Å². The highest BCUT2D eigenvalue weighted by Gasteiger charge is 2.27. The SMILES string of the molecule is CCC(CC)C1CCCCCC1Cl. The van der Waals surface area contributed by atoms with Gasteiger partial charge in [-0.05, 0) is 24.7 Å². The van der Waals surface area contributed by atoms with Crippen molar-refractivity contribution in [3.8, 4) is 0 Å². The molecule has 0 spiro atoms. The van der Waals surface area contributed by atoms with Crippen molar-refractivity contribution in [3.05, 3.63) is 0 Å². The van der Waals surface area contributed by atoms with Crippen LogP contribution in [0.4, 0.5) is 0 Å². The van der Waals surface area contributed by atoms with Crippen molar-refractivity contribution in [2.75, 3.05) is 0 Å². The fourth-order valence-electron chi connectivity index (χ4n) is 2.72. The Balaban J connectivity index is 2.51. The van der Waals surface area contributed by atoms with Crippen LogP contribution < -0.4 is 0 Å². The number of hydrogen-bond donors (Lipinski definition) is 0. The minimum atomic E-state index is 0.465. The molecule has 1 fully saturated rings. The van der Waals surface area contributed by atoms with Crippen molar-refractivity contribution in [1.82, 2.24) is 0 Å². The van der Waals surface area contributed by atoms with E-state index in [1.54, 1.807) is 0 Å². The summed E-state index contributed by atoms with van der Waals surface area (Å²) in [6.07, 6.45) is 9.41. The van der Waals surface area contributed by atoms with E-state index in [4.69, 9.17) is 11.6 Å². The van der Waals surface area contributed by atoms with Gasteiger partial charge in [-0.25, -0.2) is 0 Å². The Morgan fingerprint density at radius 3 is 2.31 bits per heavy atom. The molecule has 1 saturated carbocycles. The molecule has 1 rings (SSSR count). The molecule has 78 valence electrons. The quantitative estimate of drug-likeness (QED) is 0.463. The summed E-state index contributed by atoms with van der Waals surface area (Å²) in [6.45, 7) is 4.62. The van der Waals surface area contributed by atoms with E-state index in [9.17, 15) is 0 Å². The largest absolute Gasteiger partial charge is 0.123 e. The van der Waals surface area contributed by atoms with Crippen LogP contribution in [0.3, 0.4) is 0 Å². The summed E-state index contributed by atoms with van der Waals surface area (Å²) in [4.78, 5) is 0. The van der Waals surface area contributed by atoms with Gasteiger partial charge in [-0.1, -0.05) is 46.0 Å². The first-order chi connectivity index (χ1) is 6.29. The number of rotatable bonds is 3. The summed E-state index contributed by atoms with van der Waals surface area (Å²) in [7, 11) is 0. The van der Waals surface area contributed by atoms with Gasteiger partial charge in [0, 0.05) is 5.38 Å². The lowest BCUT2D eigenvalue weighted by Gasteiger charge is -2.27. The second kappa shape index (κ2) is 5.90. The fourth-order valence-corrected chi connectivity index (χ4v) is 3.20. The molecule has 0 amide bonds. The predicted octanol–water partition coefficient (Wildman–Crippen LogP) is 4.61. The average Bonchev–Trinajstić information content (AvgIpc) is 2.34. The van der Waals surface area contributed by atoms with E-state index in [1.807, 2.05) is 0 Å². The van der Waals surface area contributed by atoms with Crippen LogP contribution in [-0.2, 0) is 0 Å². The van der Waals surface area contributed by atoms with Gasteiger partial charge in [0.1, 0.15) is 0 Å². The highest BCUT2D eigenvalue weighted by atomic mass is 35.5. The lowest BCUT2D eigenvalue weighted by molar-refractivity contribution is 0.286. The molecule has 1 heteroatoms. The van der Waals surface area contributed by atoms with Gasteiger partial charge in [0.15, 0.2) is 0 Å². The van der Waals surface area contributed by atoms with Crippen LogP contribution in [0.25, 0.3) is 0 Å². The number of alkyl halides is 1. The molecule has 0 nitrogen and oxygen atoms in total. The average molecular weight is 203 g/mol. The van der Waals surface area contributed by atoms with Gasteiger partial charge < -0.3 is 0 Å². The van der Waals surface area contributed by atoms with Gasteiger partial charge in [-0.3, -0.25) is 0 Å². The molecule has 1 aliphatic rings. The summed E-state index contributed by atoms with van der Waals surface area (Å²) >= 11 is 6.44. The van der Waals surface area contributed by atoms with Gasteiger partial charge in [-0.2, -0.15) is 0 Å². The van der Waals surface area contributed by atoms with E-state index in [0.29, 0.717) is 5.38 Å². The molecule has 0 heterocycles. The molecule has 0 aromatic rings. The van der Waals surface area contributed by atoms with Crippen molar-refractivity contribution < 1.29 is 0 Å². The first-order valence-electron chi connectivity index (χ1n) is 5.93. The Morgan fingerprint density at radius 2 is 1.69 bits per heavy atom. The van der Waals surface area contributed by atoms with E-state index in [2.05, 4.69) is 13.8 Å². The zero-order valence-electron chi connectivity index (χ0n) is 9.06. The molecule has 0 aromatic carbocycles. The van der Waals surface area contributed by atoms with Gasteiger partial charge in [0.25, 0.3) is 0 Å².